The zero-order valence-electron chi connectivity index (χ0n) is 11.8. The van der Waals surface area contributed by atoms with Crippen molar-refractivity contribution in [2.45, 2.75) is 38.1 Å². The van der Waals surface area contributed by atoms with E-state index in [1.807, 2.05) is 0 Å². The molecule has 1 aliphatic carbocycles. The molecule has 1 aromatic carbocycles. The highest BCUT2D eigenvalue weighted by molar-refractivity contribution is 6.30. The maximum atomic E-state index is 12.0. The maximum absolute atomic E-state index is 12.0. The average Bonchev–Trinajstić information content (AvgIpc) is 2.95. The van der Waals surface area contributed by atoms with Gasteiger partial charge < -0.3 is 15.7 Å². The zero-order chi connectivity index (χ0) is 15.1. The molecule has 0 bridgehead atoms. The van der Waals surface area contributed by atoms with Crippen molar-refractivity contribution in [2.75, 3.05) is 11.9 Å². The summed E-state index contributed by atoms with van der Waals surface area (Å²) < 4.78 is 0. The number of benzene rings is 1. The van der Waals surface area contributed by atoms with Gasteiger partial charge in [-0.3, -0.25) is 0 Å². The van der Waals surface area contributed by atoms with Crippen LogP contribution < -0.4 is 10.6 Å². The van der Waals surface area contributed by atoms with E-state index in [-0.39, 0.29) is 18.7 Å². The molecule has 5 heteroatoms. The molecule has 21 heavy (non-hydrogen) atoms. The van der Waals surface area contributed by atoms with Gasteiger partial charge in [0.15, 0.2) is 0 Å². The van der Waals surface area contributed by atoms with Gasteiger partial charge >= 0.3 is 6.03 Å². The maximum Gasteiger partial charge on any atom is 0.319 e. The third-order valence-electron chi connectivity index (χ3n) is 3.38. The van der Waals surface area contributed by atoms with Gasteiger partial charge in [0.25, 0.3) is 0 Å². The minimum atomic E-state index is -0.213. The molecule has 0 aliphatic heterocycles. The van der Waals surface area contributed by atoms with Crippen LogP contribution in [0, 0.1) is 11.8 Å². The largest absolute Gasteiger partial charge is 0.395 e. The fourth-order valence-corrected chi connectivity index (χ4v) is 2.53. The van der Waals surface area contributed by atoms with Crippen molar-refractivity contribution in [2.24, 2.45) is 0 Å². The van der Waals surface area contributed by atoms with Gasteiger partial charge in [-0.2, -0.15) is 0 Å². The number of urea groups is 1. The van der Waals surface area contributed by atoms with Crippen LogP contribution in [0.1, 0.15) is 37.7 Å². The van der Waals surface area contributed by atoms with E-state index in [4.69, 9.17) is 16.7 Å². The zero-order valence-corrected chi connectivity index (χ0v) is 12.5. The van der Waals surface area contributed by atoms with Crippen molar-refractivity contribution < 1.29 is 9.90 Å². The molecule has 4 nitrogen and oxygen atoms in total. The number of carbonyl (C=O) groups is 1. The Balaban J connectivity index is 2.04. The molecule has 1 saturated carbocycles. The standard InChI is InChI=1S/C16H19ClN2O2/c17-13-8-9-15(12(11-13)5-3-4-10-20)19-16(21)18-14-6-1-2-7-14/h8-9,11,14,20H,1-2,4,6-7,10H2,(H2,18,19,21). The molecule has 0 atom stereocenters. The van der Waals surface area contributed by atoms with E-state index in [1.165, 1.54) is 12.8 Å². The molecular formula is C16H19ClN2O2. The van der Waals surface area contributed by atoms with Crippen molar-refractivity contribution in [1.29, 1.82) is 0 Å². The molecule has 0 spiro atoms. The van der Waals surface area contributed by atoms with Crippen LogP contribution in [-0.4, -0.2) is 23.8 Å². The summed E-state index contributed by atoms with van der Waals surface area (Å²) in [4.78, 5) is 12.0. The fourth-order valence-electron chi connectivity index (χ4n) is 2.36. The predicted molar refractivity (Wildman–Crippen MR) is 84.4 cm³/mol. The molecule has 0 aromatic heterocycles. The lowest BCUT2D eigenvalue weighted by molar-refractivity contribution is 0.248. The highest BCUT2D eigenvalue weighted by Crippen LogP contribution is 2.21. The monoisotopic (exact) mass is 306 g/mol. The number of halogens is 1. The van der Waals surface area contributed by atoms with Crippen LogP contribution in [0.25, 0.3) is 0 Å². The van der Waals surface area contributed by atoms with E-state index in [2.05, 4.69) is 22.5 Å². The van der Waals surface area contributed by atoms with E-state index in [9.17, 15) is 4.79 Å². The number of hydrogen-bond acceptors (Lipinski definition) is 2. The van der Waals surface area contributed by atoms with E-state index < -0.39 is 0 Å². The van der Waals surface area contributed by atoms with Crippen LogP contribution in [-0.2, 0) is 0 Å². The number of aliphatic hydroxyl groups is 1. The van der Waals surface area contributed by atoms with Gasteiger partial charge in [-0.1, -0.05) is 36.3 Å². The Morgan fingerprint density at radius 3 is 2.86 bits per heavy atom. The smallest absolute Gasteiger partial charge is 0.319 e. The van der Waals surface area contributed by atoms with Gasteiger partial charge in [-0.25, -0.2) is 4.79 Å². The summed E-state index contributed by atoms with van der Waals surface area (Å²) >= 11 is 5.96. The number of nitrogens with one attached hydrogen (secondary N) is 2. The first-order valence-electron chi connectivity index (χ1n) is 7.16. The van der Waals surface area contributed by atoms with Gasteiger partial charge in [0.2, 0.25) is 0 Å². The van der Waals surface area contributed by atoms with Crippen molar-refractivity contribution in [3.63, 3.8) is 0 Å². The van der Waals surface area contributed by atoms with Crippen LogP contribution in [0.3, 0.4) is 0 Å². The molecule has 0 heterocycles. The van der Waals surface area contributed by atoms with Gasteiger partial charge in [-0.05, 0) is 31.0 Å². The molecule has 0 unspecified atom stereocenters. The lowest BCUT2D eigenvalue weighted by atomic mass is 10.1. The molecular weight excluding hydrogens is 288 g/mol. The van der Waals surface area contributed by atoms with E-state index in [0.717, 1.165) is 12.8 Å². The summed E-state index contributed by atoms with van der Waals surface area (Å²) in [6.07, 6.45) is 4.81. The summed E-state index contributed by atoms with van der Waals surface area (Å²) in [7, 11) is 0. The molecule has 1 fully saturated rings. The Kier molecular flexibility index (Phi) is 5.91. The van der Waals surface area contributed by atoms with E-state index in [1.54, 1.807) is 18.2 Å². The van der Waals surface area contributed by atoms with Gasteiger partial charge in [0, 0.05) is 23.0 Å². The fraction of sp³-hybridized carbons (Fsp3) is 0.438. The summed E-state index contributed by atoms with van der Waals surface area (Å²) in [5.74, 6) is 5.75. The first-order valence-corrected chi connectivity index (χ1v) is 7.53. The third kappa shape index (κ3) is 4.96. The molecule has 2 amide bonds. The third-order valence-corrected chi connectivity index (χ3v) is 3.62. The van der Waals surface area contributed by atoms with Crippen LogP contribution >= 0.6 is 11.6 Å². The molecule has 0 radical (unpaired) electrons. The minimum Gasteiger partial charge on any atom is -0.395 e. The van der Waals surface area contributed by atoms with Crippen LogP contribution in [0.15, 0.2) is 18.2 Å². The average molecular weight is 307 g/mol. The van der Waals surface area contributed by atoms with Crippen molar-refractivity contribution >= 4 is 23.3 Å². The minimum absolute atomic E-state index is 0.0124. The van der Waals surface area contributed by atoms with Crippen molar-refractivity contribution in [3.05, 3.63) is 28.8 Å². The molecule has 112 valence electrons. The van der Waals surface area contributed by atoms with Crippen LogP contribution in [0.2, 0.25) is 5.02 Å². The summed E-state index contributed by atoms with van der Waals surface area (Å²) in [6.45, 7) is 0.0124. The Morgan fingerprint density at radius 1 is 1.38 bits per heavy atom. The molecule has 1 aliphatic rings. The number of hydrogen-bond donors (Lipinski definition) is 3. The summed E-state index contributed by atoms with van der Waals surface area (Å²) in [5, 5.41) is 15.1. The van der Waals surface area contributed by atoms with Crippen molar-refractivity contribution in [3.8, 4) is 11.8 Å². The number of rotatable bonds is 3. The number of aliphatic hydroxyl groups excluding tert-OH is 1. The lowest BCUT2D eigenvalue weighted by Crippen LogP contribution is -2.36. The number of amides is 2. The predicted octanol–water partition coefficient (Wildman–Crippen LogP) is 3.14. The molecule has 3 N–H and O–H groups in total. The Morgan fingerprint density at radius 2 is 2.14 bits per heavy atom. The summed E-state index contributed by atoms with van der Waals surface area (Å²) in [5.41, 5.74) is 1.28. The highest BCUT2D eigenvalue weighted by atomic mass is 35.5. The van der Waals surface area contributed by atoms with Gasteiger partial charge in [0.05, 0.1) is 12.3 Å². The lowest BCUT2D eigenvalue weighted by Gasteiger charge is -2.14. The van der Waals surface area contributed by atoms with Crippen LogP contribution in [0.5, 0.6) is 0 Å². The number of anilines is 1. The second kappa shape index (κ2) is 7.92. The first kappa shape index (κ1) is 15.7. The van der Waals surface area contributed by atoms with E-state index >= 15 is 0 Å². The van der Waals surface area contributed by atoms with E-state index in [0.29, 0.717) is 22.7 Å². The SMILES string of the molecule is O=C(Nc1ccc(Cl)cc1C#CCCO)NC1CCCC1. The topological polar surface area (TPSA) is 61.4 Å². The Bertz CT molecular complexity index is 557. The number of carbonyl (C=O) groups excluding carboxylic acids is 1. The van der Waals surface area contributed by atoms with Gasteiger partial charge in [-0.15, -0.1) is 0 Å². The molecule has 1 aromatic rings. The molecule has 2 rings (SSSR count). The second-order valence-electron chi connectivity index (χ2n) is 5.05. The quantitative estimate of drug-likeness (QED) is 0.751. The Labute approximate surface area is 129 Å². The van der Waals surface area contributed by atoms with Crippen LogP contribution in [0.4, 0.5) is 10.5 Å². The second-order valence-corrected chi connectivity index (χ2v) is 5.48. The van der Waals surface area contributed by atoms with Gasteiger partial charge in [0.1, 0.15) is 0 Å². The van der Waals surface area contributed by atoms with Crippen molar-refractivity contribution in [1.82, 2.24) is 5.32 Å². The normalized spacial score (nSPS) is 14.4. The Hall–Kier alpha value is -1.70. The first-order chi connectivity index (χ1) is 10.2. The highest BCUT2D eigenvalue weighted by Gasteiger charge is 2.17. The molecule has 0 saturated heterocycles. The summed E-state index contributed by atoms with van der Waals surface area (Å²) in [6, 6.07) is 5.20.